The fraction of sp³-hybridized carbons (Fsp3) is 0.458. The van der Waals surface area contributed by atoms with Gasteiger partial charge in [0.1, 0.15) is 5.75 Å². The van der Waals surface area contributed by atoms with E-state index < -0.39 is 0 Å². The zero-order valence-electron chi connectivity index (χ0n) is 15.8. The van der Waals surface area contributed by atoms with Gasteiger partial charge in [-0.2, -0.15) is 5.26 Å². The van der Waals surface area contributed by atoms with Crippen LogP contribution in [0, 0.1) is 23.2 Å². The van der Waals surface area contributed by atoms with Crippen molar-refractivity contribution < 1.29 is 4.74 Å². The smallest absolute Gasteiger partial charge is 0.119 e. The van der Waals surface area contributed by atoms with Crippen LogP contribution in [0.25, 0.3) is 11.1 Å². The molecule has 0 saturated heterocycles. The summed E-state index contributed by atoms with van der Waals surface area (Å²) in [5.74, 6) is 2.62. The maximum Gasteiger partial charge on any atom is 0.119 e. The molecular weight excluding hydrogens is 318 g/mol. The highest BCUT2D eigenvalue weighted by molar-refractivity contribution is 5.64. The van der Waals surface area contributed by atoms with Gasteiger partial charge in [0, 0.05) is 0 Å². The number of hydrogen-bond donors (Lipinski definition) is 0. The van der Waals surface area contributed by atoms with Gasteiger partial charge >= 0.3 is 0 Å². The van der Waals surface area contributed by atoms with E-state index in [0.29, 0.717) is 11.5 Å². The predicted molar refractivity (Wildman–Crippen MR) is 107 cm³/mol. The number of hydrogen-bond acceptors (Lipinski definition) is 2. The highest BCUT2D eigenvalue weighted by atomic mass is 16.5. The maximum atomic E-state index is 8.89. The average Bonchev–Trinajstić information content (AvgIpc) is 2.72. The number of rotatable bonds is 7. The molecule has 0 unspecified atom stereocenters. The molecule has 0 radical (unpaired) electrons. The molecule has 0 spiro atoms. The lowest BCUT2D eigenvalue weighted by atomic mass is 9.80. The summed E-state index contributed by atoms with van der Waals surface area (Å²) in [6.45, 7) is 3.13. The maximum absolute atomic E-state index is 8.89. The minimum absolute atomic E-state index is 0.693. The number of nitriles is 1. The number of nitrogens with zero attached hydrogens (tertiary/aromatic N) is 1. The van der Waals surface area contributed by atoms with Crippen LogP contribution in [0.1, 0.15) is 57.4 Å². The minimum Gasteiger partial charge on any atom is -0.493 e. The molecule has 0 aliphatic heterocycles. The van der Waals surface area contributed by atoms with Gasteiger partial charge in [0.05, 0.1) is 18.2 Å². The second-order valence-electron chi connectivity index (χ2n) is 7.55. The summed E-state index contributed by atoms with van der Waals surface area (Å²) in [6.07, 6.45) is 9.52. The Balaban J connectivity index is 1.47. The molecule has 0 aromatic heterocycles. The molecule has 2 heteroatoms. The van der Waals surface area contributed by atoms with Crippen LogP contribution >= 0.6 is 0 Å². The Morgan fingerprint density at radius 2 is 1.46 bits per heavy atom. The summed E-state index contributed by atoms with van der Waals surface area (Å²) in [4.78, 5) is 0. The van der Waals surface area contributed by atoms with Gasteiger partial charge < -0.3 is 4.74 Å². The first-order valence-electron chi connectivity index (χ1n) is 10.0. The van der Waals surface area contributed by atoms with Crippen molar-refractivity contribution in [2.45, 2.75) is 51.9 Å². The summed E-state index contributed by atoms with van der Waals surface area (Å²) < 4.78 is 6.05. The largest absolute Gasteiger partial charge is 0.493 e. The summed E-state index contributed by atoms with van der Waals surface area (Å²) in [5, 5.41) is 8.89. The molecule has 136 valence electrons. The third-order valence-corrected chi connectivity index (χ3v) is 5.62. The van der Waals surface area contributed by atoms with Gasteiger partial charge in [0.2, 0.25) is 0 Å². The first kappa shape index (κ1) is 18.5. The molecule has 2 aromatic carbocycles. The van der Waals surface area contributed by atoms with Crippen LogP contribution in [0.4, 0.5) is 0 Å². The SMILES string of the molecule is CCCCC1CCC(COc2ccc(-c3ccc(C#N)cc3)cc2)CC1. The molecule has 0 atom stereocenters. The zero-order valence-corrected chi connectivity index (χ0v) is 15.8. The van der Waals surface area contributed by atoms with E-state index in [9.17, 15) is 0 Å². The second kappa shape index (κ2) is 9.43. The monoisotopic (exact) mass is 347 g/mol. The van der Waals surface area contributed by atoms with Crippen molar-refractivity contribution in [3.8, 4) is 22.9 Å². The van der Waals surface area contributed by atoms with Crippen molar-refractivity contribution in [3.63, 3.8) is 0 Å². The quantitative estimate of drug-likeness (QED) is 0.565. The average molecular weight is 348 g/mol. The van der Waals surface area contributed by atoms with E-state index in [1.807, 2.05) is 24.3 Å². The Labute approximate surface area is 157 Å². The van der Waals surface area contributed by atoms with Gasteiger partial charge in [-0.05, 0) is 60.1 Å². The molecule has 1 fully saturated rings. The van der Waals surface area contributed by atoms with E-state index in [4.69, 9.17) is 10.00 Å². The van der Waals surface area contributed by atoms with Crippen LogP contribution in [0.5, 0.6) is 5.75 Å². The van der Waals surface area contributed by atoms with Crippen molar-refractivity contribution in [1.29, 1.82) is 5.26 Å². The Morgan fingerprint density at radius 3 is 2.04 bits per heavy atom. The van der Waals surface area contributed by atoms with Crippen LogP contribution in [-0.2, 0) is 0 Å². The molecule has 1 aliphatic rings. The molecule has 2 aromatic rings. The standard InChI is InChI=1S/C24H29NO/c1-2-3-4-19-5-7-21(8-6-19)18-26-24-15-13-23(14-16-24)22-11-9-20(17-25)10-12-22/h9-16,19,21H,2-8,18H2,1H3. The molecule has 1 saturated carbocycles. The van der Waals surface area contributed by atoms with Gasteiger partial charge in [-0.25, -0.2) is 0 Å². The van der Waals surface area contributed by atoms with Crippen molar-refractivity contribution in [3.05, 3.63) is 54.1 Å². The van der Waals surface area contributed by atoms with E-state index in [0.717, 1.165) is 29.4 Å². The molecule has 0 amide bonds. The Morgan fingerprint density at radius 1 is 0.885 bits per heavy atom. The van der Waals surface area contributed by atoms with Crippen molar-refractivity contribution >= 4 is 0 Å². The van der Waals surface area contributed by atoms with Crippen molar-refractivity contribution in [2.24, 2.45) is 11.8 Å². The first-order valence-corrected chi connectivity index (χ1v) is 10.0. The molecular formula is C24H29NO. The topological polar surface area (TPSA) is 33.0 Å². The summed E-state index contributed by atoms with van der Waals surface area (Å²) >= 11 is 0. The molecule has 2 nitrogen and oxygen atoms in total. The highest BCUT2D eigenvalue weighted by Gasteiger charge is 2.21. The van der Waals surface area contributed by atoms with Gasteiger partial charge in [-0.3, -0.25) is 0 Å². The normalized spacial score (nSPS) is 19.7. The second-order valence-corrected chi connectivity index (χ2v) is 7.55. The summed E-state index contributed by atoms with van der Waals surface area (Å²) in [7, 11) is 0. The third kappa shape index (κ3) is 5.11. The van der Waals surface area contributed by atoms with E-state index in [1.54, 1.807) is 0 Å². The predicted octanol–water partition coefficient (Wildman–Crippen LogP) is 6.60. The molecule has 1 aliphatic carbocycles. The van der Waals surface area contributed by atoms with E-state index in [-0.39, 0.29) is 0 Å². The van der Waals surface area contributed by atoms with E-state index in [2.05, 4.69) is 37.3 Å². The molecule has 3 rings (SSSR count). The van der Waals surface area contributed by atoms with Crippen LogP contribution < -0.4 is 4.74 Å². The fourth-order valence-electron chi connectivity index (χ4n) is 3.87. The van der Waals surface area contributed by atoms with Crippen LogP contribution in [0.3, 0.4) is 0 Å². The molecule has 0 N–H and O–H groups in total. The fourth-order valence-corrected chi connectivity index (χ4v) is 3.87. The van der Waals surface area contributed by atoms with Gasteiger partial charge in [-0.15, -0.1) is 0 Å². The highest BCUT2D eigenvalue weighted by Crippen LogP contribution is 2.32. The lowest BCUT2D eigenvalue weighted by Gasteiger charge is -2.28. The molecule has 0 bridgehead atoms. The van der Waals surface area contributed by atoms with Crippen LogP contribution in [0.15, 0.2) is 48.5 Å². The Bertz CT molecular complexity index is 703. The number of benzene rings is 2. The number of unbranched alkanes of at least 4 members (excludes halogenated alkanes) is 1. The van der Waals surface area contributed by atoms with Crippen molar-refractivity contribution in [2.75, 3.05) is 6.61 Å². The van der Waals surface area contributed by atoms with Gasteiger partial charge in [0.25, 0.3) is 0 Å². The first-order chi connectivity index (χ1) is 12.8. The lowest BCUT2D eigenvalue weighted by Crippen LogP contribution is -2.20. The third-order valence-electron chi connectivity index (χ3n) is 5.62. The summed E-state index contributed by atoms with van der Waals surface area (Å²) in [5.41, 5.74) is 2.97. The zero-order chi connectivity index (χ0) is 18.2. The van der Waals surface area contributed by atoms with E-state index in [1.165, 1.54) is 44.9 Å². The Hall–Kier alpha value is -2.27. The van der Waals surface area contributed by atoms with Crippen molar-refractivity contribution in [1.82, 2.24) is 0 Å². The van der Waals surface area contributed by atoms with E-state index >= 15 is 0 Å². The lowest BCUT2D eigenvalue weighted by molar-refractivity contribution is 0.178. The van der Waals surface area contributed by atoms with Crippen LogP contribution in [0.2, 0.25) is 0 Å². The Kier molecular flexibility index (Phi) is 6.72. The summed E-state index contributed by atoms with van der Waals surface area (Å²) in [6, 6.07) is 18.2. The molecule has 0 heterocycles. The number of ether oxygens (including phenoxy) is 1. The van der Waals surface area contributed by atoms with Gasteiger partial charge in [-0.1, -0.05) is 63.3 Å². The van der Waals surface area contributed by atoms with Gasteiger partial charge in [0.15, 0.2) is 0 Å². The molecule has 26 heavy (non-hydrogen) atoms. The minimum atomic E-state index is 0.693. The van der Waals surface area contributed by atoms with Crippen LogP contribution in [-0.4, -0.2) is 6.61 Å².